The van der Waals surface area contributed by atoms with Crippen molar-refractivity contribution in [2.75, 3.05) is 12.4 Å². The summed E-state index contributed by atoms with van der Waals surface area (Å²) in [4.78, 5) is 8.35. The summed E-state index contributed by atoms with van der Waals surface area (Å²) in [5, 5.41) is 3.05. The topological polar surface area (TPSA) is 47.0 Å². The van der Waals surface area contributed by atoms with Gasteiger partial charge in [-0.25, -0.2) is 9.97 Å². The van der Waals surface area contributed by atoms with Crippen LogP contribution in [0.1, 0.15) is 25.1 Å². The van der Waals surface area contributed by atoms with E-state index >= 15 is 0 Å². The predicted molar refractivity (Wildman–Crippen MR) is 49.4 cm³/mol. The Morgan fingerprint density at radius 3 is 2.92 bits per heavy atom. The molecule has 4 nitrogen and oxygen atoms in total. The smallest absolute Gasteiger partial charge is 0.135 e. The minimum absolute atomic E-state index is 0.269. The first-order valence-corrected chi connectivity index (χ1v) is 4.31. The molecule has 0 amide bonds. The molecule has 4 heteroatoms. The molecule has 2 rings (SSSR count). The van der Waals surface area contributed by atoms with Crippen molar-refractivity contribution in [2.45, 2.75) is 26.1 Å². The molecule has 0 saturated heterocycles. The van der Waals surface area contributed by atoms with Gasteiger partial charge < -0.3 is 10.1 Å². The molecule has 0 unspecified atom stereocenters. The van der Waals surface area contributed by atoms with E-state index in [0.29, 0.717) is 6.61 Å². The van der Waals surface area contributed by atoms with E-state index in [1.165, 1.54) is 0 Å². The summed E-state index contributed by atoms with van der Waals surface area (Å²) in [6.07, 6.45) is 1.56. The molecule has 13 heavy (non-hydrogen) atoms. The molecule has 0 aromatic carbocycles. The van der Waals surface area contributed by atoms with Crippen LogP contribution in [0.4, 0.5) is 5.82 Å². The molecule has 1 aliphatic rings. The summed E-state index contributed by atoms with van der Waals surface area (Å²) >= 11 is 0. The van der Waals surface area contributed by atoms with Gasteiger partial charge in [-0.15, -0.1) is 0 Å². The highest BCUT2D eigenvalue weighted by molar-refractivity contribution is 5.50. The Morgan fingerprint density at radius 1 is 1.46 bits per heavy atom. The summed E-state index contributed by atoms with van der Waals surface area (Å²) in [5.74, 6) is 0.868. The predicted octanol–water partition coefficient (Wildman–Crippen LogP) is 1.28. The quantitative estimate of drug-likeness (QED) is 0.705. The normalized spacial score (nSPS) is 18.4. The fourth-order valence-electron chi connectivity index (χ4n) is 1.67. The van der Waals surface area contributed by atoms with E-state index in [-0.39, 0.29) is 5.60 Å². The average molecular weight is 179 g/mol. The van der Waals surface area contributed by atoms with Crippen LogP contribution in [0.5, 0.6) is 0 Å². The number of ether oxygens (including phenoxy) is 1. The van der Waals surface area contributed by atoms with E-state index in [4.69, 9.17) is 4.74 Å². The summed E-state index contributed by atoms with van der Waals surface area (Å²) in [5.41, 5.74) is 1.80. The summed E-state index contributed by atoms with van der Waals surface area (Å²) in [6, 6.07) is 0. The molecule has 0 atom stereocenters. The highest BCUT2D eigenvalue weighted by Crippen LogP contribution is 2.37. The molecule has 1 N–H and O–H groups in total. The zero-order valence-corrected chi connectivity index (χ0v) is 8.09. The van der Waals surface area contributed by atoms with Gasteiger partial charge in [0.05, 0.1) is 17.9 Å². The lowest BCUT2D eigenvalue weighted by Crippen LogP contribution is -2.17. The van der Waals surface area contributed by atoms with Crippen molar-refractivity contribution < 1.29 is 4.74 Å². The van der Waals surface area contributed by atoms with Crippen LogP contribution in [0, 0.1) is 0 Å². The van der Waals surface area contributed by atoms with Crippen molar-refractivity contribution in [3.05, 3.63) is 17.6 Å². The van der Waals surface area contributed by atoms with E-state index in [1.54, 1.807) is 6.33 Å². The largest absolute Gasteiger partial charge is 0.373 e. The molecular weight excluding hydrogens is 166 g/mol. The monoisotopic (exact) mass is 179 g/mol. The second kappa shape index (κ2) is 2.67. The summed E-state index contributed by atoms with van der Waals surface area (Å²) < 4.78 is 5.61. The molecule has 70 valence electrons. The van der Waals surface area contributed by atoms with Gasteiger partial charge in [0.2, 0.25) is 0 Å². The van der Waals surface area contributed by atoms with E-state index < -0.39 is 0 Å². The molecule has 1 aromatic rings. The van der Waals surface area contributed by atoms with E-state index in [2.05, 4.69) is 15.3 Å². The minimum atomic E-state index is -0.269. The molecule has 0 spiro atoms. The van der Waals surface area contributed by atoms with Gasteiger partial charge in [0.15, 0.2) is 0 Å². The lowest BCUT2D eigenvalue weighted by atomic mass is 10.00. The van der Waals surface area contributed by atoms with Crippen LogP contribution in [0.3, 0.4) is 0 Å². The number of nitrogens with zero attached hydrogens (tertiary/aromatic N) is 2. The number of anilines is 1. The third-order valence-corrected chi connectivity index (χ3v) is 2.33. The highest BCUT2D eigenvalue weighted by atomic mass is 16.5. The minimum Gasteiger partial charge on any atom is -0.373 e. The Hall–Kier alpha value is -1.16. The fourth-order valence-corrected chi connectivity index (χ4v) is 1.67. The number of hydrogen-bond acceptors (Lipinski definition) is 4. The number of fused-ring (bicyclic) bond motifs is 1. The van der Waals surface area contributed by atoms with Crippen molar-refractivity contribution in [3.8, 4) is 0 Å². The van der Waals surface area contributed by atoms with Gasteiger partial charge in [-0.05, 0) is 13.8 Å². The second-order valence-electron chi connectivity index (χ2n) is 3.59. The van der Waals surface area contributed by atoms with Gasteiger partial charge in [0.25, 0.3) is 0 Å². The van der Waals surface area contributed by atoms with E-state index in [9.17, 15) is 0 Å². The average Bonchev–Trinajstić information content (AvgIpc) is 2.43. The van der Waals surface area contributed by atoms with Crippen molar-refractivity contribution in [1.29, 1.82) is 0 Å². The lowest BCUT2D eigenvalue weighted by Gasteiger charge is -2.19. The first kappa shape index (κ1) is 8.44. The van der Waals surface area contributed by atoms with Gasteiger partial charge >= 0.3 is 0 Å². The van der Waals surface area contributed by atoms with Crippen LogP contribution in [0.15, 0.2) is 6.33 Å². The van der Waals surface area contributed by atoms with Crippen LogP contribution in [0.25, 0.3) is 0 Å². The molecular formula is C9H13N3O. The molecule has 0 aliphatic carbocycles. The van der Waals surface area contributed by atoms with Crippen LogP contribution in [0.2, 0.25) is 0 Å². The van der Waals surface area contributed by atoms with Gasteiger partial charge in [0, 0.05) is 12.6 Å². The molecule has 0 radical (unpaired) electrons. The van der Waals surface area contributed by atoms with Crippen LogP contribution in [-0.4, -0.2) is 17.0 Å². The fraction of sp³-hybridized carbons (Fsp3) is 0.556. The van der Waals surface area contributed by atoms with Crippen molar-refractivity contribution in [2.24, 2.45) is 0 Å². The van der Waals surface area contributed by atoms with E-state index in [1.807, 2.05) is 20.9 Å². The van der Waals surface area contributed by atoms with Crippen LogP contribution in [-0.2, 0) is 16.9 Å². The van der Waals surface area contributed by atoms with E-state index in [0.717, 1.165) is 17.1 Å². The van der Waals surface area contributed by atoms with Gasteiger partial charge in [-0.3, -0.25) is 0 Å². The first-order chi connectivity index (χ1) is 6.15. The number of aromatic nitrogens is 2. The highest BCUT2D eigenvalue weighted by Gasteiger charge is 2.34. The lowest BCUT2D eigenvalue weighted by molar-refractivity contribution is -0.00812. The van der Waals surface area contributed by atoms with Crippen molar-refractivity contribution in [3.63, 3.8) is 0 Å². The molecule has 0 bridgehead atoms. The molecule has 0 saturated carbocycles. The number of hydrogen-bond donors (Lipinski definition) is 1. The van der Waals surface area contributed by atoms with Crippen molar-refractivity contribution in [1.82, 2.24) is 9.97 Å². The standard InChI is InChI=1S/C9H13N3O/c1-9(2)7-6(4-13-9)11-5-12-8(7)10-3/h5H,4H2,1-3H3,(H,10,11,12). The first-order valence-electron chi connectivity index (χ1n) is 4.31. The van der Waals surface area contributed by atoms with Crippen LogP contribution < -0.4 is 5.32 Å². The zero-order valence-electron chi connectivity index (χ0n) is 8.09. The summed E-state index contributed by atoms with van der Waals surface area (Å²) in [7, 11) is 1.86. The Morgan fingerprint density at radius 2 is 2.23 bits per heavy atom. The Kier molecular flexibility index (Phi) is 1.73. The zero-order chi connectivity index (χ0) is 9.47. The third-order valence-electron chi connectivity index (χ3n) is 2.33. The van der Waals surface area contributed by atoms with Crippen LogP contribution >= 0.6 is 0 Å². The number of rotatable bonds is 1. The second-order valence-corrected chi connectivity index (χ2v) is 3.59. The Balaban J connectivity index is 2.60. The summed E-state index contributed by atoms with van der Waals surface area (Å²) in [6.45, 7) is 4.64. The molecule has 0 fully saturated rings. The number of nitrogens with one attached hydrogen (secondary N) is 1. The maximum absolute atomic E-state index is 5.61. The molecule has 1 aliphatic heterocycles. The SMILES string of the molecule is CNc1ncnc2c1C(C)(C)OC2. The Labute approximate surface area is 77.4 Å². The van der Waals surface area contributed by atoms with Gasteiger partial charge in [-0.1, -0.05) is 0 Å². The maximum atomic E-state index is 5.61. The molecule has 1 aromatic heterocycles. The van der Waals surface area contributed by atoms with Gasteiger partial charge in [-0.2, -0.15) is 0 Å². The Bertz CT molecular complexity index is 336. The molecule has 2 heterocycles. The third kappa shape index (κ3) is 1.18. The van der Waals surface area contributed by atoms with Crippen molar-refractivity contribution >= 4 is 5.82 Å². The van der Waals surface area contributed by atoms with Gasteiger partial charge in [0.1, 0.15) is 12.1 Å². The maximum Gasteiger partial charge on any atom is 0.135 e.